The number of nitrogens with zero attached hydrogens (tertiary/aromatic N) is 2. The molecule has 1 heterocycles. The summed E-state index contributed by atoms with van der Waals surface area (Å²) in [7, 11) is -1.49. The number of hydrogen-bond acceptors (Lipinski definition) is 4. The zero-order valence-electron chi connectivity index (χ0n) is 13.0. The first kappa shape index (κ1) is 17.7. The summed E-state index contributed by atoms with van der Waals surface area (Å²) in [6, 6.07) is -0.664. The Morgan fingerprint density at radius 3 is 2.24 bits per heavy atom. The molecule has 1 rings (SSSR count). The van der Waals surface area contributed by atoms with E-state index < -0.39 is 21.3 Å². The first-order valence-corrected chi connectivity index (χ1v) is 8.73. The smallest absolute Gasteiger partial charge is 0.320 e. The molecule has 0 radical (unpaired) electrons. The molecule has 0 aromatic rings. The Balaban J connectivity index is 2.82. The molecule has 7 nitrogen and oxygen atoms in total. The van der Waals surface area contributed by atoms with Crippen molar-refractivity contribution in [2.24, 2.45) is 0 Å². The average Bonchev–Trinajstić information content (AvgIpc) is 2.66. The van der Waals surface area contributed by atoms with Crippen LogP contribution in [0.25, 0.3) is 0 Å². The summed E-state index contributed by atoms with van der Waals surface area (Å²) in [6.45, 7) is 5.57. The van der Waals surface area contributed by atoms with Gasteiger partial charge < -0.3 is 14.9 Å². The van der Waals surface area contributed by atoms with E-state index in [1.165, 1.54) is 9.80 Å². The Morgan fingerprint density at radius 1 is 1.29 bits per heavy atom. The van der Waals surface area contributed by atoms with Gasteiger partial charge in [-0.3, -0.25) is 4.79 Å². The Hall–Kier alpha value is -1.31. The SMILES string of the molecule is CN(C(=O)N(CCC(=O)O)C(C)(C)C)C1CCS(=O)(=O)C1. The fourth-order valence-corrected chi connectivity index (χ4v) is 4.13. The third kappa shape index (κ3) is 4.87. The number of carboxylic acids is 1. The van der Waals surface area contributed by atoms with Crippen LogP contribution in [0.1, 0.15) is 33.6 Å². The maximum absolute atomic E-state index is 12.6. The van der Waals surface area contributed by atoms with E-state index in [-0.39, 0.29) is 36.5 Å². The maximum Gasteiger partial charge on any atom is 0.320 e. The van der Waals surface area contributed by atoms with E-state index in [1.54, 1.807) is 7.05 Å². The zero-order chi connectivity index (χ0) is 16.4. The molecule has 0 aliphatic carbocycles. The number of sulfone groups is 1. The minimum Gasteiger partial charge on any atom is -0.481 e. The van der Waals surface area contributed by atoms with Crippen LogP contribution in [0.15, 0.2) is 0 Å². The number of urea groups is 1. The van der Waals surface area contributed by atoms with Gasteiger partial charge in [-0.1, -0.05) is 0 Å². The summed E-state index contributed by atoms with van der Waals surface area (Å²) in [5, 5.41) is 8.80. The van der Waals surface area contributed by atoms with E-state index in [2.05, 4.69) is 0 Å². The van der Waals surface area contributed by atoms with Gasteiger partial charge in [0.05, 0.1) is 17.9 Å². The van der Waals surface area contributed by atoms with Crippen LogP contribution in [0.5, 0.6) is 0 Å². The molecule has 1 N–H and O–H groups in total. The van der Waals surface area contributed by atoms with E-state index in [0.717, 1.165) is 0 Å². The molecule has 122 valence electrons. The second-order valence-corrected chi connectivity index (χ2v) is 8.65. The molecule has 8 heteroatoms. The van der Waals surface area contributed by atoms with E-state index in [0.29, 0.717) is 6.42 Å². The minimum atomic E-state index is -3.07. The lowest BCUT2D eigenvalue weighted by Gasteiger charge is -2.39. The molecule has 1 aliphatic rings. The van der Waals surface area contributed by atoms with E-state index in [4.69, 9.17) is 5.11 Å². The largest absolute Gasteiger partial charge is 0.481 e. The Kier molecular flexibility index (Phi) is 5.25. The van der Waals surface area contributed by atoms with Crippen LogP contribution in [0.2, 0.25) is 0 Å². The number of rotatable bonds is 4. The van der Waals surface area contributed by atoms with Crippen molar-refractivity contribution >= 4 is 21.8 Å². The summed E-state index contributed by atoms with van der Waals surface area (Å²) in [5.74, 6) is -0.894. The van der Waals surface area contributed by atoms with Gasteiger partial charge in [-0.2, -0.15) is 0 Å². The number of aliphatic carboxylic acids is 1. The highest BCUT2D eigenvalue weighted by Gasteiger charge is 2.36. The highest BCUT2D eigenvalue weighted by Crippen LogP contribution is 2.21. The van der Waals surface area contributed by atoms with E-state index in [9.17, 15) is 18.0 Å². The van der Waals surface area contributed by atoms with Crippen molar-refractivity contribution in [1.29, 1.82) is 0 Å². The lowest BCUT2D eigenvalue weighted by atomic mass is 10.1. The zero-order valence-corrected chi connectivity index (χ0v) is 13.8. The predicted molar refractivity (Wildman–Crippen MR) is 78.9 cm³/mol. The molecule has 0 saturated carbocycles. The van der Waals surface area contributed by atoms with Crippen molar-refractivity contribution < 1.29 is 23.1 Å². The molecule has 0 bridgehead atoms. The highest BCUT2D eigenvalue weighted by molar-refractivity contribution is 7.91. The molecular weight excluding hydrogens is 296 g/mol. The number of amides is 2. The molecule has 0 aromatic heterocycles. The molecule has 1 saturated heterocycles. The molecule has 1 fully saturated rings. The Bertz CT molecular complexity index is 509. The lowest BCUT2D eigenvalue weighted by Crippen LogP contribution is -2.54. The highest BCUT2D eigenvalue weighted by atomic mass is 32.2. The van der Waals surface area contributed by atoms with Gasteiger partial charge in [-0.25, -0.2) is 13.2 Å². The van der Waals surface area contributed by atoms with Crippen molar-refractivity contribution in [3.05, 3.63) is 0 Å². The second kappa shape index (κ2) is 6.21. The Labute approximate surface area is 125 Å². The normalized spacial score (nSPS) is 21.0. The van der Waals surface area contributed by atoms with Crippen molar-refractivity contribution in [3.8, 4) is 0 Å². The third-order valence-electron chi connectivity index (χ3n) is 3.65. The van der Waals surface area contributed by atoms with Gasteiger partial charge in [0, 0.05) is 25.2 Å². The molecular formula is C13H24N2O5S. The number of hydrogen-bond donors (Lipinski definition) is 1. The van der Waals surface area contributed by atoms with Crippen molar-refractivity contribution in [2.45, 2.75) is 45.2 Å². The predicted octanol–water partition coefficient (Wildman–Crippen LogP) is 0.801. The topological polar surface area (TPSA) is 95.0 Å². The van der Waals surface area contributed by atoms with Gasteiger partial charge >= 0.3 is 12.0 Å². The third-order valence-corrected chi connectivity index (χ3v) is 5.40. The summed E-state index contributed by atoms with van der Waals surface area (Å²) >= 11 is 0. The van der Waals surface area contributed by atoms with Crippen LogP contribution in [0, 0.1) is 0 Å². The number of carbonyl (C=O) groups is 2. The monoisotopic (exact) mass is 320 g/mol. The Morgan fingerprint density at radius 2 is 1.86 bits per heavy atom. The first-order chi connectivity index (χ1) is 9.44. The van der Waals surface area contributed by atoms with Gasteiger partial charge in [0.25, 0.3) is 0 Å². The standard InChI is InChI=1S/C13H24N2O5S/c1-13(2,3)15(7-5-11(16)17)12(18)14(4)10-6-8-21(19,20)9-10/h10H,5-9H2,1-4H3,(H,16,17). The summed E-state index contributed by atoms with van der Waals surface area (Å²) in [6.07, 6.45) is 0.293. The average molecular weight is 320 g/mol. The van der Waals surface area contributed by atoms with Gasteiger partial charge in [-0.15, -0.1) is 0 Å². The quantitative estimate of drug-likeness (QED) is 0.826. The van der Waals surface area contributed by atoms with Gasteiger partial charge in [-0.05, 0) is 27.2 Å². The molecule has 1 aliphatic heterocycles. The fraction of sp³-hybridized carbons (Fsp3) is 0.846. The minimum absolute atomic E-state index is 0.0217. The molecule has 1 unspecified atom stereocenters. The van der Waals surface area contributed by atoms with Gasteiger partial charge in [0.2, 0.25) is 0 Å². The van der Waals surface area contributed by atoms with E-state index >= 15 is 0 Å². The van der Waals surface area contributed by atoms with Crippen LogP contribution in [-0.4, -0.2) is 72.0 Å². The number of carboxylic acid groups (broad SMARTS) is 1. The van der Waals surface area contributed by atoms with Crippen LogP contribution in [0.3, 0.4) is 0 Å². The van der Waals surface area contributed by atoms with Crippen molar-refractivity contribution in [3.63, 3.8) is 0 Å². The van der Waals surface area contributed by atoms with Crippen LogP contribution >= 0.6 is 0 Å². The van der Waals surface area contributed by atoms with Crippen LogP contribution in [0.4, 0.5) is 4.79 Å². The molecule has 2 amide bonds. The second-order valence-electron chi connectivity index (χ2n) is 6.42. The summed E-state index contributed by atoms with van der Waals surface area (Å²) in [4.78, 5) is 26.2. The number of carbonyl (C=O) groups excluding carboxylic acids is 1. The molecule has 0 aromatic carbocycles. The lowest BCUT2D eigenvalue weighted by molar-refractivity contribution is -0.137. The van der Waals surface area contributed by atoms with Crippen LogP contribution < -0.4 is 0 Å². The first-order valence-electron chi connectivity index (χ1n) is 6.91. The van der Waals surface area contributed by atoms with Crippen molar-refractivity contribution in [2.75, 3.05) is 25.1 Å². The van der Waals surface area contributed by atoms with Crippen LogP contribution in [-0.2, 0) is 14.6 Å². The van der Waals surface area contributed by atoms with Gasteiger partial charge in [0.1, 0.15) is 0 Å². The molecule has 0 spiro atoms. The van der Waals surface area contributed by atoms with E-state index in [1.807, 2.05) is 20.8 Å². The van der Waals surface area contributed by atoms with Crippen molar-refractivity contribution in [1.82, 2.24) is 9.80 Å². The fourth-order valence-electron chi connectivity index (χ4n) is 2.35. The summed E-state index contributed by atoms with van der Waals surface area (Å²) < 4.78 is 23.0. The summed E-state index contributed by atoms with van der Waals surface area (Å²) in [5.41, 5.74) is -0.529. The molecule has 21 heavy (non-hydrogen) atoms. The molecule has 1 atom stereocenters. The maximum atomic E-state index is 12.6. The van der Waals surface area contributed by atoms with Gasteiger partial charge in [0.15, 0.2) is 9.84 Å².